The van der Waals surface area contributed by atoms with E-state index in [4.69, 9.17) is 0 Å². The molecule has 3 aliphatic carbocycles. The number of rotatable bonds is 6. The second-order valence-electron chi connectivity index (χ2n) is 25.3. The van der Waals surface area contributed by atoms with Crippen LogP contribution in [0, 0.1) is 0 Å². The maximum absolute atomic E-state index is 2.51. The van der Waals surface area contributed by atoms with Crippen LogP contribution in [0.25, 0.3) is 98.0 Å². The van der Waals surface area contributed by atoms with Gasteiger partial charge in [0, 0.05) is 50.4 Å². The van der Waals surface area contributed by atoms with Gasteiger partial charge in [-0.2, -0.15) is 0 Å². The van der Waals surface area contributed by atoms with Gasteiger partial charge in [-0.15, -0.1) is 0 Å². The maximum atomic E-state index is 2.51. The van der Waals surface area contributed by atoms with Crippen LogP contribution >= 0.6 is 0 Å². The summed E-state index contributed by atoms with van der Waals surface area (Å²) in [6.45, 7) is 14.4. The molecule has 2 nitrogen and oxygen atoms in total. The molecule has 0 aromatic heterocycles. The smallest absolute Gasteiger partial charge is 0.0468 e. The molecular weight excluding hydrogens is 1000 g/mol. The normalized spacial score (nSPS) is 14.7. The van der Waals surface area contributed by atoms with Crippen LogP contribution in [0.15, 0.2) is 255 Å². The van der Waals surface area contributed by atoms with Crippen molar-refractivity contribution in [2.75, 3.05) is 9.80 Å². The van der Waals surface area contributed by atoms with Crippen LogP contribution in [-0.2, 0) is 16.2 Å². The molecule has 0 aliphatic heterocycles. The molecule has 0 radical (unpaired) electrons. The van der Waals surface area contributed by atoms with Crippen molar-refractivity contribution in [2.24, 2.45) is 0 Å². The minimum atomic E-state index is -0.329. The zero-order chi connectivity index (χ0) is 55.7. The Morgan fingerprint density at radius 1 is 0.205 bits per heavy atom. The molecule has 14 aromatic rings. The summed E-state index contributed by atoms with van der Waals surface area (Å²) in [4.78, 5) is 5.01. The van der Waals surface area contributed by atoms with Crippen molar-refractivity contribution in [3.05, 3.63) is 288 Å². The highest BCUT2D eigenvalue weighted by atomic mass is 15.1. The quantitative estimate of drug-likeness (QED) is 0.153. The molecule has 2 heteroatoms. The van der Waals surface area contributed by atoms with E-state index in [1.54, 1.807) is 0 Å². The van der Waals surface area contributed by atoms with E-state index in [1.807, 2.05) is 0 Å². The molecule has 14 aromatic carbocycles. The van der Waals surface area contributed by atoms with Crippen LogP contribution in [-0.4, -0.2) is 0 Å². The van der Waals surface area contributed by atoms with E-state index in [1.165, 1.54) is 131 Å². The summed E-state index contributed by atoms with van der Waals surface area (Å²) in [7, 11) is 0. The first kappa shape index (κ1) is 48.0. The molecule has 0 atom stereocenters. The third-order valence-electron chi connectivity index (χ3n) is 19.7. The second-order valence-corrected chi connectivity index (χ2v) is 25.3. The molecule has 0 spiro atoms. The highest BCUT2D eigenvalue weighted by molar-refractivity contribution is 6.18. The fourth-order valence-electron chi connectivity index (χ4n) is 15.5. The molecule has 0 N–H and O–H groups in total. The van der Waals surface area contributed by atoms with Gasteiger partial charge in [0.2, 0.25) is 0 Å². The van der Waals surface area contributed by atoms with Gasteiger partial charge in [-0.25, -0.2) is 0 Å². The first-order valence-corrected chi connectivity index (χ1v) is 29.5. The Balaban J connectivity index is 0.840. The van der Waals surface area contributed by atoms with Crippen molar-refractivity contribution in [2.45, 2.75) is 57.8 Å². The number of benzene rings is 14. The van der Waals surface area contributed by atoms with Gasteiger partial charge in [0.25, 0.3) is 0 Å². The Hall–Kier alpha value is -9.76. The van der Waals surface area contributed by atoms with Gasteiger partial charge in [-0.1, -0.05) is 217 Å². The number of nitrogens with zero attached hydrogens (tertiary/aromatic N) is 2. The van der Waals surface area contributed by atoms with Gasteiger partial charge in [0.1, 0.15) is 0 Å². The Morgan fingerprint density at radius 2 is 0.518 bits per heavy atom. The van der Waals surface area contributed by atoms with Crippen LogP contribution in [0.1, 0.15) is 74.9 Å². The van der Waals surface area contributed by atoms with Crippen molar-refractivity contribution in [3.63, 3.8) is 0 Å². The van der Waals surface area contributed by atoms with E-state index in [0.717, 1.165) is 34.1 Å². The van der Waals surface area contributed by atoms with Crippen LogP contribution in [0.3, 0.4) is 0 Å². The topological polar surface area (TPSA) is 6.48 Å². The fraction of sp³-hybridized carbons (Fsp3) is 0.111. The molecule has 0 unspecified atom stereocenters. The van der Waals surface area contributed by atoms with E-state index in [2.05, 4.69) is 306 Å². The van der Waals surface area contributed by atoms with Gasteiger partial charge < -0.3 is 9.80 Å². The SMILES string of the molecule is CC1(C)c2ccccc2-c2ccc(N(c3ccc4c(c3)C(C)(C)c3cccc5c3c-4cc3ccc(N(c4ccc6c(c4)C(C)(C)c4ccccc4-6)c4ccc6ccc7ccccc7c6c4)cc35)c3ccc4ccc5ccccc5c4c3)cc21. The van der Waals surface area contributed by atoms with E-state index in [0.29, 0.717) is 0 Å². The summed E-state index contributed by atoms with van der Waals surface area (Å²) >= 11 is 0. The zero-order valence-corrected chi connectivity index (χ0v) is 47.6. The summed E-state index contributed by atoms with van der Waals surface area (Å²) in [6.07, 6.45) is 0. The van der Waals surface area contributed by atoms with Gasteiger partial charge in [0.05, 0.1) is 0 Å². The Labute approximate surface area is 485 Å². The van der Waals surface area contributed by atoms with Crippen molar-refractivity contribution < 1.29 is 0 Å². The first-order valence-electron chi connectivity index (χ1n) is 29.5. The summed E-state index contributed by atoms with van der Waals surface area (Å²) in [5, 5.41) is 15.1. The molecule has 0 heterocycles. The molecular formula is C81H60N2. The summed E-state index contributed by atoms with van der Waals surface area (Å²) in [6, 6.07) is 97.0. The van der Waals surface area contributed by atoms with E-state index in [-0.39, 0.29) is 16.2 Å². The highest BCUT2D eigenvalue weighted by Gasteiger charge is 2.39. The molecule has 394 valence electrons. The van der Waals surface area contributed by atoms with Crippen molar-refractivity contribution in [3.8, 4) is 33.4 Å². The standard InChI is InChI=1S/C81H60N2/c1-79(2)72-23-13-11-20-62(72)64-39-36-57(46-75(64)79)82(54-33-30-51-28-26-49-16-7-9-18-60(49)68(51)43-54)56-35-32-53-42-71-66-41-38-59(48-77(66)81(5,6)74-25-15-22-67(78(71)74)70(53)45-56)83(55-34-31-52-29-27-50-17-8-10-19-61(50)69(52)44-55)58-37-40-65-63-21-12-14-24-73(63)80(3,4)76(65)47-58/h7-48H,1-6H3. The van der Waals surface area contributed by atoms with Gasteiger partial charge in [-0.3, -0.25) is 0 Å². The predicted molar refractivity (Wildman–Crippen MR) is 354 cm³/mol. The van der Waals surface area contributed by atoms with E-state index >= 15 is 0 Å². The minimum absolute atomic E-state index is 0.146. The number of fused-ring (bicyclic) bond motifs is 16. The number of hydrogen-bond donors (Lipinski definition) is 0. The van der Waals surface area contributed by atoms with E-state index < -0.39 is 0 Å². The fourth-order valence-corrected chi connectivity index (χ4v) is 15.5. The molecule has 0 bridgehead atoms. The monoisotopic (exact) mass is 1060 g/mol. The van der Waals surface area contributed by atoms with Crippen molar-refractivity contribution in [1.29, 1.82) is 0 Å². The highest BCUT2D eigenvalue weighted by Crippen LogP contribution is 2.56. The van der Waals surface area contributed by atoms with Gasteiger partial charge >= 0.3 is 0 Å². The Bertz CT molecular complexity index is 5150. The lowest BCUT2D eigenvalue weighted by molar-refractivity contribution is 0.645. The zero-order valence-electron chi connectivity index (χ0n) is 47.6. The average Bonchev–Trinajstić information content (AvgIpc) is 1.63. The van der Waals surface area contributed by atoms with Crippen molar-refractivity contribution >= 4 is 98.8 Å². The third kappa shape index (κ3) is 6.84. The molecule has 0 saturated carbocycles. The molecule has 83 heavy (non-hydrogen) atoms. The molecule has 0 amide bonds. The average molecular weight is 1060 g/mol. The molecule has 0 fully saturated rings. The van der Waals surface area contributed by atoms with E-state index in [9.17, 15) is 0 Å². The summed E-state index contributed by atoms with van der Waals surface area (Å²) < 4.78 is 0. The number of hydrogen-bond acceptors (Lipinski definition) is 2. The second kappa shape index (κ2) is 17.1. The van der Waals surface area contributed by atoms with Crippen LogP contribution < -0.4 is 9.80 Å². The third-order valence-corrected chi connectivity index (χ3v) is 19.7. The lowest BCUT2D eigenvalue weighted by Crippen LogP contribution is -2.24. The molecule has 3 aliphatic rings. The Morgan fingerprint density at radius 3 is 1.00 bits per heavy atom. The lowest BCUT2D eigenvalue weighted by atomic mass is 9.68. The summed E-state index contributed by atoms with van der Waals surface area (Å²) in [5.41, 5.74) is 22.3. The van der Waals surface area contributed by atoms with Gasteiger partial charge in [0.15, 0.2) is 0 Å². The predicted octanol–water partition coefficient (Wildman–Crippen LogP) is 22.5. The van der Waals surface area contributed by atoms with Gasteiger partial charge in [-0.05, 0) is 210 Å². The summed E-state index contributed by atoms with van der Waals surface area (Å²) in [5.74, 6) is 0. The van der Waals surface area contributed by atoms with Crippen LogP contribution in [0.5, 0.6) is 0 Å². The first-order chi connectivity index (χ1) is 40.4. The van der Waals surface area contributed by atoms with Crippen LogP contribution in [0.4, 0.5) is 34.1 Å². The van der Waals surface area contributed by atoms with Crippen LogP contribution in [0.2, 0.25) is 0 Å². The lowest BCUT2D eigenvalue weighted by Gasteiger charge is -2.37. The maximum Gasteiger partial charge on any atom is 0.0468 e. The Kier molecular flexibility index (Phi) is 9.91. The molecule has 0 saturated heterocycles. The van der Waals surface area contributed by atoms with Crippen molar-refractivity contribution in [1.82, 2.24) is 0 Å². The largest absolute Gasteiger partial charge is 0.310 e. The number of anilines is 6. The molecule has 17 rings (SSSR count). The minimum Gasteiger partial charge on any atom is -0.310 e.